The highest BCUT2D eigenvalue weighted by Gasteiger charge is 2.32. The van der Waals surface area contributed by atoms with Gasteiger partial charge in [0.2, 0.25) is 5.16 Å². The van der Waals surface area contributed by atoms with Crippen LogP contribution in [0.4, 0.5) is 4.79 Å². The number of carbonyl (C=O) groups is 1. The molecule has 2 aromatic rings. The first kappa shape index (κ1) is 22.9. The fourth-order valence-electron chi connectivity index (χ4n) is 2.08. The third kappa shape index (κ3) is 4.30. The predicted molar refractivity (Wildman–Crippen MR) is 100 cm³/mol. The Labute approximate surface area is 170 Å². The molecule has 0 aliphatic heterocycles. The lowest BCUT2D eigenvalue weighted by atomic mass is 10.4. The number of hydrogen-bond acceptors (Lipinski definition) is 10. The van der Waals surface area contributed by atoms with Crippen LogP contribution >= 0.6 is 11.8 Å². The average Bonchev–Trinajstić information content (AvgIpc) is 3.02. The van der Waals surface area contributed by atoms with Crippen LogP contribution in [0, 0.1) is 0 Å². The van der Waals surface area contributed by atoms with Gasteiger partial charge in [0.15, 0.2) is 0 Å². The molecular formula is C13H17N5O8S3. The van der Waals surface area contributed by atoms with E-state index < -0.39 is 41.6 Å². The number of thioether (sulfide) groups is 1. The minimum absolute atomic E-state index is 0.00487. The van der Waals surface area contributed by atoms with Crippen LogP contribution in [-0.2, 0) is 24.9 Å². The number of hydrogen-bond donors (Lipinski definition) is 1. The molecule has 16 heteroatoms. The van der Waals surface area contributed by atoms with E-state index in [4.69, 9.17) is 4.84 Å². The van der Waals surface area contributed by atoms with E-state index in [1.54, 1.807) is 11.0 Å². The maximum absolute atomic E-state index is 12.7. The van der Waals surface area contributed by atoms with Crippen molar-refractivity contribution in [3.05, 3.63) is 34.7 Å². The number of carbonyl (C=O) groups excluding carboxylic acids is 1. The van der Waals surface area contributed by atoms with Crippen LogP contribution < -0.4 is 15.2 Å². The van der Waals surface area contributed by atoms with E-state index in [0.29, 0.717) is 9.20 Å². The molecule has 0 spiro atoms. The Hall–Kier alpha value is -2.40. The van der Waals surface area contributed by atoms with Crippen LogP contribution in [0.15, 0.2) is 44.0 Å². The lowest BCUT2D eigenvalue weighted by Gasteiger charge is -2.16. The molecule has 1 amide bonds. The Bertz CT molecular complexity index is 1190. The SMILES string of the molecule is CON(C)S(=O)(=O)c1ccccc1S(=O)(=O)NC(=O)n1nc(SC)n(OC)c1=O. The maximum Gasteiger partial charge on any atom is 0.388 e. The summed E-state index contributed by atoms with van der Waals surface area (Å²) in [5.74, 6) is 0. The van der Waals surface area contributed by atoms with E-state index in [2.05, 4.69) is 9.94 Å². The normalized spacial score (nSPS) is 12.2. The summed E-state index contributed by atoms with van der Waals surface area (Å²) in [7, 11) is -5.76. The molecule has 0 saturated heterocycles. The number of nitrogens with zero attached hydrogens (tertiary/aromatic N) is 4. The molecule has 2 rings (SSSR count). The monoisotopic (exact) mass is 467 g/mol. The van der Waals surface area contributed by atoms with Crippen molar-refractivity contribution in [2.24, 2.45) is 0 Å². The molecule has 0 unspecified atom stereocenters. The van der Waals surface area contributed by atoms with Crippen molar-refractivity contribution in [3.63, 3.8) is 0 Å². The predicted octanol–water partition coefficient (Wildman–Crippen LogP) is -1.05. The molecule has 0 fully saturated rings. The second kappa shape index (κ2) is 8.54. The number of hydroxylamine groups is 1. The Morgan fingerprint density at radius 3 is 2.24 bits per heavy atom. The van der Waals surface area contributed by atoms with Crippen molar-refractivity contribution in [1.82, 2.24) is 23.7 Å². The third-order valence-corrected chi connectivity index (χ3v) is 7.36. The Balaban J connectivity index is 2.50. The molecule has 0 radical (unpaired) electrons. The molecule has 0 aliphatic rings. The molecule has 1 heterocycles. The molecule has 29 heavy (non-hydrogen) atoms. The van der Waals surface area contributed by atoms with E-state index >= 15 is 0 Å². The highest BCUT2D eigenvalue weighted by molar-refractivity contribution is 7.98. The van der Waals surface area contributed by atoms with Crippen LogP contribution in [0.3, 0.4) is 0 Å². The minimum atomic E-state index is -4.71. The van der Waals surface area contributed by atoms with Gasteiger partial charge in [-0.05, 0) is 18.4 Å². The fraction of sp³-hybridized carbons (Fsp3) is 0.308. The van der Waals surface area contributed by atoms with Gasteiger partial charge in [0.05, 0.1) is 7.11 Å². The largest absolute Gasteiger partial charge is 0.410 e. The van der Waals surface area contributed by atoms with Crippen LogP contribution in [0.1, 0.15) is 0 Å². The molecule has 0 atom stereocenters. The Morgan fingerprint density at radius 1 is 1.17 bits per heavy atom. The summed E-state index contributed by atoms with van der Waals surface area (Å²) in [5.41, 5.74) is -1.05. The molecule has 13 nitrogen and oxygen atoms in total. The van der Waals surface area contributed by atoms with Gasteiger partial charge in [0.25, 0.3) is 20.0 Å². The quantitative estimate of drug-likeness (QED) is 0.393. The van der Waals surface area contributed by atoms with E-state index in [0.717, 1.165) is 45.2 Å². The zero-order chi connectivity index (χ0) is 22.0. The smallest absolute Gasteiger partial charge is 0.388 e. The van der Waals surface area contributed by atoms with E-state index in [1.165, 1.54) is 12.1 Å². The Kier molecular flexibility index (Phi) is 6.74. The summed E-state index contributed by atoms with van der Waals surface area (Å²) in [6, 6.07) is 3.15. The zero-order valence-corrected chi connectivity index (χ0v) is 18.0. The minimum Gasteiger partial charge on any atom is -0.410 e. The van der Waals surface area contributed by atoms with Gasteiger partial charge >= 0.3 is 11.7 Å². The zero-order valence-electron chi connectivity index (χ0n) is 15.6. The van der Waals surface area contributed by atoms with Gasteiger partial charge in [0.1, 0.15) is 16.9 Å². The molecule has 1 aromatic heterocycles. The second-order valence-corrected chi connectivity index (χ2v) is 9.44. The van der Waals surface area contributed by atoms with Gasteiger partial charge in [-0.1, -0.05) is 28.4 Å². The number of aromatic nitrogens is 3. The van der Waals surface area contributed by atoms with Gasteiger partial charge in [-0.3, -0.25) is 4.84 Å². The van der Waals surface area contributed by atoms with Crippen molar-refractivity contribution < 1.29 is 31.3 Å². The van der Waals surface area contributed by atoms with Crippen molar-refractivity contribution in [2.45, 2.75) is 14.9 Å². The van der Waals surface area contributed by atoms with E-state index in [-0.39, 0.29) is 9.84 Å². The summed E-state index contributed by atoms with van der Waals surface area (Å²) in [5, 5.41) is 3.67. The molecule has 160 valence electrons. The first-order valence-corrected chi connectivity index (χ1v) is 11.7. The molecule has 0 bridgehead atoms. The van der Waals surface area contributed by atoms with Crippen LogP contribution in [0.25, 0.3) is 0 Å². The summed E-state index contributed by atoms with van der Waals surface area (Å²) in [4.78, 5) is 32.6. The number of benzene rings is 1. The number of nitrogens with one attached hydrogen (secondary N) is 1. The Morgan fingerprint density at radius 2 is 1.76 bits per heavy atom. The first-order valence-electron chi connectivity index (χ1n) is 7.51. The molecule has 1 aromatic carbocycles. The third-order valence-electron chi connectivity index (χ3n) is 3.51. The number of amides is 1. The van der Waals surface area contributed by atoms with Crippen molar-refractivity contribution in [2.75, 3.05) is 27.5 Å². The molecule has 1 N–H and O–H groups in total. The summed E-state index contributed by atoms with van der Waals surface area (Å²) < 4.78 is 53.4. The first-order chi connectivity index (χ1) is 13.5. The highest BCUT2D eigenvalue weighted by atomic mass is 32.2. The lowest BCUT2D eigenvalue weighted by molar-refractivity contribution is -0.0260. The van der Waals surface area contributed by atoms with E-state index in [1.807, 2.05) is 0 Å². The highest BCUT2D eigenvalue weighted by Crippen LogP contribution is 2.23. The fourth-order valence-corrected chi connectivity index (χ4v) is 5.27. The summed E-state index contributed by atoms with van der Waals surface area (Å²) in [6.07, 6.45) is 1.56. The van der Waals surface area contributed by atoms with Crippen molar-refractivity contribution >= 4 is 37.8 Å². The maximum atomic E-state index is 12.7. The van der Waals surface area contributed by atoms with E-state index in [9.17, 15) is 26.4 Å². The van der Waals surface area contributed by atoms with Crippen molar-refractivity contribution in [3.8, 4) is 0 Å². The lowest BCUT2D eigenvalue weighted by Crippen LogP contribution is -2.41. The van der Waals surface area contributed by atoms with Crippen LogP contribution in [0.5, 0.6) is 0 Å². The topological polar surface area (TPSA) is 159 Å². The van der Waals surface area contributed by atoms with Gasteiger partial charge in [-0.15, -0.1) is 14.5 Å². The number of rotatable bonds is 7. The van der Waals surface area contributed by atoms with Gasteiger partial charge < -0.3 is 4.84 Å². The van der Waals surface area contributed by atoms with Gasteiger partial charge in [-0.2, -0.15) is 0 Å². The van der Waals surface area contributed by atoms with Gasteiger partial charge in [0, 0.05) is 7.05 Å². The molecular weight excluding hydrogens is 450 g/mol. The molecule has 0 aliphatic carbocycles. The second-order valence-electron chi connectivity index (χ2n) is 5.11. The summed E-state index contributed by atoms with van der Waals surface area (Å²) >= 11 is 0.976. The summed E-state index contributed by atoms with van der Waals surface area (Å²) in [6.45, 7) is 0. The van der Waals surface area contributed by atoms with Crippen LogP contribution in [-0.4, -0.2) is 69.4 Å². The average molecular weight is 468 g/mol. The number of sulfonamides is 2. The molecule has 0 saturated carbocycles. The van der Waals surface area contributed by atoms with Crippen LogP contribution in [0.2, 0.25) is 0 Å². The standard InChI is InChI=1S/C13H17N5O8S3/c1-16(25-2)29(23,24)10-8-6-5-7-9(10)28(21,22)15-11(19)17-13(20)18(26-3)12(14-17)27-4/h5-8H,1-4H3,(H,15,19). The van der Waals surface area contributed by atoms with Crippen molar-refractivity contribution in [1.29, 1.82) is 0 Å². The van der Waals surface area contributed by atoms with Gasteiger partial charge in [-0.25, -0.2) is 31.1 Å².